The van der Waals surface area contributed by atoms with Gasteiger partial charge in [0.05, 0.1) is 24.5 Å². The lowest BCUT2D eigenvalue weighted by molar-refractivity contribution is 0.0960. The third-order valence-corrected chi connectivity index (χ3v) is 5.06. The van der Waals surface area contributed by atoms with Crippen LogP contribution in [0.25, 0.3) is 0 Å². The maximum atomic E-state index is 12.6. The molecule has 27 heavy (non-hydrogen) atoms. The molecule has 0 amide bonds. The summed E-state index contributed by atoms with van der Waals surface area (Å²) >= 11 is 0. The molecule has 6 nitrogen and oxygen atoms in total. The topological polar surface area (TPSA) is 78.5 Å². The molecule has 6 heteroatoms. The van der Waals surface area contributed by atoms with Crippen molar-refractivity contribution in [1.82, 2.24) is 14.9 Å². The van der Waals surface area contributed by atoms with Crippen LogP contribution in [0.15, 0.2) is 29.1 Å². The van der Waals surface area contributed by atoms with Gasteiger partial charge in [0.15, 0.2) is 0 Å². The molecule has 0 fully saturated rings. The van der Waals surface area contributed by atoms with Crippen LogP contribution in [0.5, 0.6) is 5.75 Å². The molecule has 1 aromatic heterocycles. The number of aliphatic hydroxyl groups excluding tert-OH is 1. The van der Waals surface area contributed by atoms with Crippen LogP contribution in [0.4, 0.5) is 0 Å². The average molecular weight is 371 g/mol. The van der Waals surface area contributed by atoms with Crippen LogP contribution in [0.3, 0.4) is 0 Å². The number of benzene rings is 1. The fourth-order valence-corrected chi connectivity index (χ4v) is 3.58. The first-order valence-electron chi connectivity index (χ1n) is 9.73. The molecule has 0 bridgehead atoms. The molecule has 0 saturated heterocycles. The van der Waals surface area contributed by atoms with Crippen molar-refractivity contribution < 1.29 is 9.84 Å². The monoisotopic (exact) mass is 371 g/mol. The van der Waals surface area contributed by atoms with E-state index in [1.54, 1.807) is 7.11 Å². The highest BCUT2D eigenvalue weighted by molar-refractivity contribution is 5.31. The van der Waals surface area contributed by atoms with Crippen molar-refractivity contribution in [2.45, 2.75) is 51.7 Å². The Hall–Kier alpha value is -2.18. The summed E-state index contributed by atoms with van der Waals surface area (Å²) in [5.41, 5.74) is 2.61. The van der Waals surface area contributed by atoms with E-state index in [9.17, 15) is 9.90 Å². The summed E-state index contributed by atoms with van der Waals surface area (Å²) in [5, 5.41) is 10.1. The summed E-state index contributed by atoms with van der Waals surface area (Å²) in [6.07, 6.45) is 3.91. The number of β-amino-alcohol motifs (C(OH)–C–C–N with tert-alkyl or cyclic N) is 1. The van der Waals surface area contributed by atoms with Crippen molar-refractivity contribution in [3.63, 3.8) is 0 Å². The third kappa shape index (κ3) is 5.17. The van der Waals surface area contributed by atoms with Gasteiger partial charge in [-0.05, 0) is 24.1 Å². The lowest BCUT2D eigenvalue weighted by atomic mass is 10.0. The van der Waals surface area contributed by atoms with E-state index in [1.165, 1.54) is 0 Å². The Labute approximate surface area is 160 Å². The molecule has 2 aromatic rings. The number of aliphatic hydroxyl groups is 1. The number of fused-ring (bicyclic) bond motifs is 1. The SMILES string of the molecule is CCCC[C@@H](O)CN1CCc2nc(Cc3cccc(OC)c3)[nH]c(=O)c2C1. The van der Waals surface area contributed by atoms with Crippen LogP contribution in [0, 0.1) is 0 Å². The van der Waals surface area contributed by atoms with Gasteiger partial charge in [-0.1, -0.05) is 31.9 Å². The van der Waals surface area contributed by atoms with Crippen LogP contribution >= 0.6 is 0 Å². The smallest absolute Gasteiger partial charge is 0.255 e. The molecular formula is C21H29N3O3. The molecule has 0 unspecified atom stereocenters. The van der Waals surface area contributed by atoms with Gasteiger partial charge < -0.3 is 14.8 Å². The Morgan fingerprint density at radius 3 is 3.04 bits per heavy atom. The van der Waals surface area contributed by atoms with Crippen molar-refractivity contribution in [3.8, 4) is 5.75 Å². The van der Waals surface area contributed by atoms with Gasteiger partial charge in [-0.15, -0.1) is 0 Å². The Morgan fingerprint density at radius 2 is 2.26 bits per heavy atom. The van der Waals surface area contributed by atoms with E-state index in [0.717, 1.165) is 54.8 Å². The molecule has 3 rings (SSSR count). The molecule has 1 aliphatic rings. The number of unbranched alkanes of at least 4 members (excludes halogenated alkanes) is 1. The molecule has 1 atom stereocenters. The minimum Gasteiger partial charge on any atom is -0.497 e. The number of nitrogens with one attached hydrogen (secondary N) is 1. The standard InChI is InChI=1S/C21H29N3O3/c1-3-4-7-16(25)13-24-10-9-19-18(14-24)21(26)23-20(22-19)12-15-6-5-8-17(11-15)27-2/h5-6,8,11,16,25H,3-4,7,9-10,12-14H2,1-2H3,(H,22,23,26)/t16-/m1/s1. The highest BCUT2D eigenvalue weighted by Gasteiger charge is 2.22. The molecule has 0 spiro atoms. The molecule has 0 saturated carbocycles. The largest absolute Gasteiger partial charge is 0.497 e. The fraction of sp³-hybridized carbons (Fsp3) is 0.524. The molecule has 1 aromatic carbocycles. The van der Waals surface area contributed by atoms with Crippen molar-refractivity contribution >= 4 is 0 Å². The fourth-order valence-electron chi connectivity index (χ4n) is 3.58. The van der Waals surface area contributed by atoms with Gasteiger partial charge in [-0.3, -0.25) is 9.69 Å². The van der Waals surface area contributed by atoms with Gasteiger partial charge in [0, 0.05) is 32.5 Å². The molecule has 0 radical (unpaired) electrons. The van der Waals surface area contributed by atoms with Gasteiger partial charge in [-0.2, -0.15) is 0 Å². The summed E-state index contributed by atoms with van der Waals surface area (Å²) in [5.74, 6) is 1.48. The first-order chi connectivity index (χ1) is 13.1. The van der Waals surface area contributed by atoms with Crippen LogP contribution in [0.2, 0.25) is 0 Å². The summed E-state index contributed by atoms with van der Waals surface area (Å²) in [6, 6.07) is 7.79. The molecule has 2 N–H and O–H groups in total. The number of aromatic amines is 1. The maximum Gasteiger partial charge on any atom is 0.255 e. The first kappa shape index (κ1) is 19.6. The second-order valence-corrected chi connectivity index (χ2v) is 7.25. The van der Waals surface area contributed by atoms with E-state index in [2.05, 4.69) is 16.8 Å². The lowest BCUT2D eigenvalue weighted by Gasteiger charge is -2.29. The number of rotatable bonds is 8. The number of ether oxygens (including phenoxy) is 1. The quantitative estimate of drug-likeness (QED) is 0.744. The second kappa shape index (κ2) is 9.15. The summed E-state index contributed by atoms with van der Waals surface area (Å²) in [7, 11) is 1.64. The lowest BCUT2D eigenvalue weighted by Crippen LogP contribution is -2.40. The number of hydrogen-bond acceptors (Lipinski definition) is 5. The van der Waals surface area contributed by atoms with Crippen molar-refractivity contribution in [2.75, 3.05) is 20.2 Å². The van der Waals surface area contributed by atoms with E-state index >= 15 is 0 Å². The summed E-state index contributed by atoms with van der Waals surface area (Å²) in [6.45, 7) is 4.12. The van der Waals surface area contributed by atoms with Gasteiger partial charge in [-0.25, -0.2) is 4.98 Å². The molecule has 2 heterocycles. The van der Waals surface area contributed by atoms with E-state index in [-0.39, 0.29) is 11.7 Å². The van der Waals surface area contributed by atoms with E-state index in [1.807, 2.05) is 24.3 Å². The predicted octanol–water partition coefficient (Wildman–Crippen LogP) is 2.28. The number of H-pyrrole nitrogens is 1. The molecule has 1 aliphatic heterocycles. The molecule has 146 valence electrons. The van der Waals surface area contributed by atoms with E-state index < -0.39 is 0 Å². The van der Waals surface area contributed by atoms with Crippen LogP contribution in [-0.2, 0) is 19.4 Å². The van der Waals surface area contributed by atoms with Crippen LogP contribution in [0.1, 0.15) is 48.8 Å². The first-order valence-corrected chi connectivity index (χ1v) is 9.73. The van der Waals surface area contributed by atoms with E-state index in [0.29, 0.717) is 25.3 Å². The molecule has 0 aliphatic carbocycles. The normalized spacial score (nSPS) is 15.4. The number of nitrogens with zero attached hydrogens (tertiary/aromatic N) is 2. The minimum atomic E-state index is -0.328. The second-order valence-electron chi connectivity index (χ2n) is 7.25. The zero-order chi connectivity index (χ0) is 19.2. The Morgan fingerprint density at radius 1 is 1.41 bits per heavy atom. The minimum absolute atomic E-state index is 0.0642. The van der Waals surface area contributed by atoms with Crippen molar-refractivity contribution in [2.24, 2.45) is 0 Å². The van der Waals surface area contributed by atoms with Crippen LogP contribution < -0.4 is 10.3 Å². The van der Waals surface area contributed by atoms with Crippen LogP contribution in [-0.4, -0.2) is 46.3 Å². The summed E-state index contributed by atoms with van der Waals surface area (Å²) in [4.78, 5) is 22.4. The third-order valence-electron chi connectivity index (χ3n) is 5.06. The van der Waals surface area contributed by atoms with Gasteiger partial charge >= 0.3 is 0 Å². The highest BCUT2D eigenvalue weighted by atomic mass is 16.5. The number of methoxy groups -OCH3 is 1. The van der Waals surface area contributed by atoms with Gasteiger partial charge in [0.2, 0.25) is 0 Å². The Bertz CT molecular complexity index is 819. The Kier molecular flexibility index (Phi) is 6.63. The molecular weight excluding hydrogens is 342 g/mol. The van der Waals surface area contributed by atoms with Gasteiger partial charge in [0.1, 0.15) is 11.6 Å². The highest BCUT2D eigenvalue weighted by Crippen LogP contribution is 2.18. The zero-order valence-corrected chi connectivity index (χ0v) is 16.2. The van der Waals surface area contributed by atoms with Gasteiger partial charge in [0.25, 0.3) is 5.56 Å². The number of hydrogen-bond donors (Lipinski definition) is 2. The number of aromatic nitrogens is 2. The average Bonchev–Trinajstić information content (AvgIpc) is 2.67. The Balaban J connectivity index is 1.69. The van der Waals surface area contributed by atoms with Crippen molar-refractivity contribution in [3.05, 3.63) is 57.3 Å². The van der Waals surface area contributed by atoms with Crippen molar-refractivity contribution in [1.29, 1.82) is 0 Å². The summed E-state index contributed by atoms with van der Waals surface area (Å²) < 4.78 is 5.26. The zero-order valence-electron chi connectivity index (χ0n) is 16.2. The van der Waals surface area contributed by atoms with E-state index in [4.69, 9.17) is 9.72 Å². The predicted molar refractivity (Wildman–Crippen MR) is 105 cm³/mol. The maximum absolute atomic E-state index is 12.6.